The van der Waals surface area contributed by atoms with Crippen LogP contribution in [0, 0.1) is 6.92 Å². The lowest BCUT2D eigenvalue weighted by atomic mass is 10.1. The molecule has 0 bridgehead atoms. The lowest BCUT2D eigenvalue weighted by Gasteiger charge is -2.19. The number of hydrazine groups is 1. The zero-order valence-electron chi connectivity index (χ0n) is 15.3. The van der Waals surface area contributed by atoms with Crippen molar-refractivity contribution in [2.75, 3.05) is 7.05 Å². The number of nitrogens with one attached hydrogen (secondary N) is 2. The molecule has 1 fully saturated rings. The standard InChI is InChI=1S/C20H22N4O2S/c1-13-8-9-18(26-13)16-10-17(23-22-16)20(25)24(2)11-15-12-27-19(21-15)14-6-4-3-5-7-14/h3-9,12,16-17,22-23H,10-11H2,1-2H3. The number of benzene rings is 1. The number of carbonyl (C=O) groups is 1. The van der Waals surface area contributed by atoms with Gasteiger partial charge >= 0.3 is 0 Å². The molecule has 1 aromatic carbocycles. The van der Waals surface area contributed by atoms with Crippen LogP contribution in [0.5, 0.6) is 0 Å². The van der Waals surface area contributed by atoms with E-state index in [2.05, 4.69) is 15.8 Å². The minimum atomic E-state index is -0.280. The fraction of sp³-hybridized carbons (Fsp3) is 0.300. The maximum absolute atomic E-state index is 12.8. The monoisotopic (exact) mass is 382 g/mol. The number of aryl methyl sites for hydroxylation is 1. The van der Waals surface area contributed by atoms with Crippen LogP contribution in [0.2, 0.25) is 0 Å². The van der Waals surface area contributed by atoms with Crippen LogP contribution in [0.1, 0.15) is 29.7 Å². The molecule has 1 amide bonds. The van der Waals surface area contributed by atoms with Gasteiger partial charge in [0, 0.05) is 18.0 Å². The number of likely N-dealkylation sites (N-methyl/N-ethyl adjacent to an activating group) is 1. The van der Waals surface area contributed by atoms with Crippen LogP contribution in [0.15, 0.2) is 52.3 Å². The molecule has 1 aliphatic rings. The lowest BCUT2D eigenvalue weighted by molar-refractivity contribution is -0.132. The Morgan fingerprint density at radius 1 is 1.26 bits per heavy atom. The Morgan fingerprint density at radius 2 is 2.07 bits per heavy atom. The second-order valence-electron chi connectivity index (χ2n) is 6.78. The van der Waals surface area contributed by atoms with Crippen molar-refractivity contribution >= 4 is 17.2 Å². The molecule has 2 aromatic heterocycles. The summed E-state index contributed by atoms with van der Waals surface area (Å²) in [7, 11) is 1.82. The second-order valence-corrected chi connectivity index (χ2v) is 7.64. The molecule has 27 heavy (non-hydrogen) atoms. The highest BCUT2D eigenvalue weighted by molar-refractivity contribution is 7.13. The average molecular weight is 382 g/mol. The predicted molar refractivity (Wildman–Crippen MR) is 105 cm³/mol. The van der Waals surface area contributed by atoms with Crippen LogP contribution in [0.3, 0.4) is 0 Å². The van der Waals surface area contributed by atoms with E-state index in [0.29, 0.717) is 13.0 Å². The van der Waals surface area contributed by atoms with Crippen LogP contribution < -0.4 is 10.9 Å². The summed E-state index contributed by atoms with van der Waals surface area (Å²) in [5.74, 6) is 1.77. The van der Waals surface area contributed by atoms with Gasteiger partial charge in [0.15, 0.2) is 0 Å². The third-order valence-corrected chi connectivity index (χ3v) is 5.59. The van der Waals surface area contributed by atoms with Gasteiger partial charge in [-0.05, 0) is 25.5 Å². The van der Waals surface area contributed by atoms with Gasteiger partial charge < -0.3 is 9.32 Å². The van der Waals surface area contributed by atoms with E-state index in [1.165, 1.54) is 0 Å². The Hall–Kier alpha value is -2.48. The molecule has 2 unspecified atom stereocenters. The first-order valence-corrected chi connectivity index (χ1v) is 9.80. The summed E-state index contributed by atoms with van der Waals surface area (Å²) in [4.78, 5) is 19.2. The van der Waals surface area contributed by atoms with E-state index in [1.54, 1.807) is 16.2 Å². The summed E-state index contributed by atoms with van der Waals surface area (Å²) in [5.41, 5.74) is 8.25. The number of thiazole rings is 1. The second kappa shape index (κ2) is 7.64. The topological polar surface area (TPSA) is 70.4 Å². The number of hydrogen-bond donors (Lipinski definition) is 2. The number of furan rings is 1. The van der Waals surface area contributed by atoms with E-state index in [4.69, 9.17) is 4.42 Å². The summed E-state index contributed by atoms with van der Waals surface area (Å²) >= 11 is 1.60. The highest BCUT2D eigenvalue weighted by atomic mass is 32.1. The molecule has 1 saturated heterocycles. The minimum Gasteiger partial charge on any atom is -0.465 e. The van der Waals surface area contributed by atoms with Crippen molar-refractivity contribution in [1.82, 2.24) is 20.7 Å². The van der Waals surface area contributed by atoms with Crippen LogP contribution in [-0.4, -0.2) is 28.9 Å². The molecular weight excluding hydrogens is 360 g/mol. The van der Waals surface area contributed by atoms with Gasteiger partial charge in [0.25, 0.3) is 0 Å². The van der Waals surface area contributed by atoms with Crippen LogP contribution in [0.4, 0.5) is 0 Å². The molecule has 0 radical (unpaired) electrons. The number of amides is 1. The van der Waals surface area contributed by atoms with E-state index in [1.807, 2.05) is 61.8 Å². The van der Waals surface area contributed by atoms with Gasteiger partial charge in [-0.2, -0.15) is 0 Å². The van der Waals surface area contributed by atoms with Crippen molar-refractivity contribution < 1.29 is 9.21 Å². The molecule has 0 spiro atoms. The maximum Gasteiger partial charge on any atom is 0.241 e. The first-order valence-electron chi connectivity index (χ1n) is 8.92. The Kier molecular flexibility index (Phi) is 5.07. The molecule has 0 aliphatic carbocycles. The Morgan fingerprint density at radius 3 is 2.81 bits per heavy atom. The summed E-state index contributed by atoms with van der Waals surface area (Å²) in [6, 6.07) is 13.7. The van der Waals surface area contributed by atoms with E-state index >= 15 is 0 Å². The number of carbonyl (C=O) groups excluding carboxylic acids is 1. The van der Waals surface area contributed by atoms with Gasteiger partial charge in [-0.1, -0.05) is 30.3 Å². The molecule has 3 aromatic rings. The SMILES string of the molecule is Cc1ccc(C2CC(C(=O)N(C)Cc3csc(-c4ccccc4)n3)NN2)o1. The Bertz CT molecular complexity index is 921. The van der Waals surface area contributed by atoms with Crippen LogP contribution in [-0.2, 0) is 11.3 Å². The summed E-state index contributed by atoms with van der Waals surface area (Å²) in [6.07, 6.45) is 0.655. The summed E-state index contributed by atoms with van der Waals surface area (Å²) in [6.45, 7) is 2.41. The van der Waals surface area contributed by atoms with Gasteiger partial charge in [0.1, 0.15) is 22.6 Å². The lowest BCUT2D eigenvalue weighted by Crippen LogP contribution is -2.43. The van der Waals surface area contributed by atoms with E-state index in [0.717, 1.165) is 27.8 Å². The normalized spacial score (nSPS) is 19.3. The summed E-state index contributed by atoms with van der Waals surface area (Å²) < 4.78 is 5.66. The van der Waals surface area contributed by atoms with Crippen LogP contribution in [0.25, 0.3) is 10.6 Å². The molecule has 4 rings (SSSR count). The molecule has 0 saturated carbocycles. The van der Waals surface area contributed by atoms with Crippen LogP contribution >= 0.6 is 11.3 Å². The average Bonchev–Trinajstić information content (AvgIpc) is 3.42. The number of hydrogen-bond acceptors (Lipinski definition) is 6. The van der Waals surface area contributed by atoms with Crippen molar-refractivity contribution in [2.24, 2.45) is 0 Å². The molecular formula is C20H22N4O2S. The smallest absolute Gasteiger partial charge is 0.241 e. The third kappa shape index (κ3) is 3.95. The Balaban J connectivity index is 1.37. The van der Waals surface area contributed by atoms with Gasteiger partial charge in [0.05, 0.1) is 18.3 Å². The highest BCUT2D eigenvalue weighted by Crippen LogP contribution is 2.26. The predicted octanol–water partition coefficient (Wildman–Crippen LogP) is 3.28. The fourth-order valence-electron chi connectivity index (χ4n) is 3.23. The summed E-state index contributed by atoms with van der Waals surface area (Å²) in [5, 5.41) is 2.99. The number of nitrogens with zero attached hydrogens (tertiary/aromatic N) is 2. The van der Waals surface area contributed by atoms with Crippen molar-refractivity contribution in [1.29, 1.82) is 0 Å². The van der Waals surface area contributed by atoms with Crippen molar-refractivity contribution in [3.63, 3.8) is 0 Å². The van der Waals surface area contributed by atoms with Crippen molar-refractivity contribution in [2.45, 2.75) is 32.0 Å². The first kappa shape index (κ1) is 17.9. The molecule has 3 heterocycles. The highest BCUT2D eigenvalue weighted by Gasteiger charge is 2.33. The van der Waals surface area contributed by atoms with Gasteiger partial charge in [-0.3, -0.25) is 4.79 Å². The maximum atomic E-state index is 12.8. The molecule has 1 aliphatic heterocycles. The number of rotatable bonds is 5. The van der Waals surface area contributed by atoms with Gasteiger partial charge in [-0.15, -0.1) is 11.3 Å². The molecule has 2 N–H and O–H groups in total. The zero-order chi connectivity index (χ0) is 18.8. The third-order valence-electron chi connectivity index (χ3n) is 4.65. The molecule has 2 atom stereocenters. The van der Waals surface area contributed by atoms with Gasteiger partial charge in [0.2, 0.25) is 5.91 Å². The minimum absolute atomic E-state index is 0.00463. The van der Waals surface area contributed by atoms with E-state index in [9.17, 15) is 4.79 Å². The largest absolute Gasteiger partial charge is 0.465 e. The number of aromatic nitrogens is 1. The zero-order valence-corrected chi connectivity index (χ0v) is 16.1. The molecule has 6 nitrogen and oxygen atoms in total. The van der Waals surface area contributed by atoms with Gasteiger partial charge in [-0.25, -0.2) is 15.8 Å². The van der Waals surface area contributed by atoms with Crippen molar-refractivity contribution in [3.8, 4) is 10.6 Å². The van der Waals surface area contributed by atoms with E-state index < -0.39 is 0 Å². The Labute approximate surface area is 162 Å². The quantitative estimate of drug-likeness (QED) is 0.709. The molecule has 140 valence electrons. The van der Waals surface area contributed by atoms with Crippen molar-refractivity contribution in [3.05, 3.63) is 65.1 Å². The van der Waals surface area contributed by atoms with E-state index in [-0.39, 0.29) is 18.0 Å². The fourth-order valence-corrected chi connectivity index (χ4v) is 4.04. The first-order chi connectivity index (χ1) is 13.1. The molecule has 7 heteroatoms.